The normalized spacial score (nSPS) is 19.8. The van der Waals surface area contributed by atoms with E-state index in [-0.39, 0.29) is 11.9 Å². The van der Waals surface area contributed by atoms with Gasteiger partial charge in [0.1, 0.15) is 0 Å². The summed E-state index contributed by atoms with van der Waals surface area (Å²) in [5, 5.41) is 11.0. The van der Waals surface area contributed by atoms with Gasteiger partial charge in [-0.25, -0.2) is 4.98 Å². The van der Waals surface area contributed by atoms with Crippen molar-refractivity contribution in [2.75, 3.05) is 11.4 Å². The third-order valence-electron chi connectivity index (χ3n) is 3.36. The molecule has 2 rings (SSSR count). The topological polar surface area (TPSA) is 92.1 Å². The van der Waals surface area contributed by atoms with Gasteiger partial charge in [0, 0.05) is 12.6 Å². The van der Waals surface area contributed by atoms with Crippen LogP contribution >= 0.6 is 0 Å². The molecule has 18 heavy (non-hydrogen) atoms. The molecular formula is C11H16N4O3. The number of aromatic nitrogens is 2. The zero-order chi connectivity index (χ0) is 13.1. The summed E-state index contributed by atoms with van der Waals surface area (Å²) >= 11 is 0. The third-order valence-corrected chi connectivity index (χ3v) is 3.36. The number of aromatic amines is 1. The molecule has 98 valence electrons. The summed E-state index contributed by atoms with van der Waals surface area (Å²) in [5.74, 6) is 0.204. The van der Waals surface area contributed by atoms with E-state index in [4.69, 9.17) is 0 Å². The van der Waals surface area contributed by atoms with E-state index in [0.29, 0.717) is 0 Å². The number of nitro groups is 1. The number of H-pyrrole nitrogens is 1. The molecule has 0 aromatic carbocycles. The molecule has 7 nitrogen and oxygen atoms in total. The van der Waals surface area contributed by atoms with Gasteiger partial charge < -0.3 is 9.88 Å². The minimum absolute atomic E-state index is 0.204. The first-order chi connectivity index (χ1) is 8.65. The highest BCUT2D eigenvalue weighted by Crippen LogP contribution is 2.29. The minimum atomic E-state index is -0.689. The molecule has 0 aliphatic carbocycles. The largest absolute Gasteiger partial charge is 0.375 e. The maximum absolute atomic E-state index is 11.6. The first-order valence-corrected chi connectivity index (χ1v) is 6.13. The summed E-state index contributed by atoms with van der Waals surface area (Å²) in [6, 6.07) is 0.228. The van der Waals surface area contributed by atoms with Crippen molar-refractivity contribution in [1.29, 1.82) is 0 Å². The molecule has 0 bridgehead atoms. The quantitative estimate of drug-likeness (QED) is 0.649. The van der Waals surface area contributed by atoms with Crippen molar-refractivity contribution in [1.82, 2.24) is 9.97 Å². The third kappa shape index (κ3) is 2.20. The zero-order valence-corrected chi connectivity index (χ0v) is 10.3. The SMILES string of the molecule is CCC1CCCCN1c1nc[nH]c(=O)c1[N+](=O)[O-]. The number of rotatable bonds is 3. The van der Waals surface area contributed by atoms with Crippen LogP contribution < -0.4 is 10.5 Å². The van der Waals surface area contributed by atoms with Crippen LogP contribution in [-0.2, 0) is 0 Å². The van der Waals surface area contributed by atoms with E-state index in [1.807, 2.05) is 11.8 Å². The van der Waals surface area contributed by atoms with Crippen LogP contribution in [0.2, 0.25) is 0 Å². The van der Waals surface area contributed by atoms with Gasteiger partial charge in [0.05, 0.1) is 11.3 Å². The van der Waals surface area contributed by atoms with E-state index in [1.54, 1.807) is 0 Å². The van der Waals surface area contributed by atoms with Gasteiger partial charge in [-0.15, -0.1) is 0 Å². The van der Waals surface area contributed by atoms with Crippen LogP contribution in [0.1, 0.15) is 32.6 Å². The molecule has 1 aromatic heterocycles. The Morgan fingerprint density at radius 2 is 2.39 bits per heavy atom. The molecule has 1 atom stereocenters. The molecule has 1 aliphatic heterocycles. The fourth-order valence-corrected chi connectivity index (χ4v) is 2.46. The highest BCUT2D eigenvalue weighted by molar-refractivity contribution is 5.56. The maximum Gasteiger partial charge on any atom is 0.375 e. The standard InChI is InChI=1S/C11H16N4O3/c1-2-8-5-3-4-6-14(8)10-9(15(17)18)11(16)13-7-12-10/h7-8H,2-6H2,1H3,(H,12,13,16). The Hall–Kier alpha value is -1.92. The Balaban J connectivity index is 2.46. The summed E-state index contributed by atoms with van der Waals surface area (Å²) in [6.45, 7) is 2.76. The lowest BCUT2D eigenvalue weighted by molar-refractivity contribution is -0.385. The fourth-order valence-electron chi connectivity index (χ4n) is 2.46. The van der Waals surface area contributed by atoms with Gasteiger partial charge in [-0.3, -0.25) is 14.9 Å². The second-order valence-electron chi connectivity index (χ2n) is 4.41. The van der Waals surface area contributed by atoms with Gasteiger partial charge in [0.15, 0.2) is 0 Å². The molecule has 2 heterocycles. The molecule has 0 spiro atoms. The zero-order valence-electron chi connectivity index (χ0n) is 10.3. The summed E-state index contributed by atoms with van der Waals surface area (Å²) in [6.07, 6.45) is 5.20. The highest BCUT2D eigenvalue weighted by Gasteiger charge is 2.30. The summed E-state index contributed by atoms with van der Waals surface area (Å²) in [4.78, 5) is 30.1. The van der Waals surface area contributed by atoms with E-state index in [1.165, 1.54) is 6.33 Å². The predicted octanol–water partition coefficient (Wildman–Crippen LogP) is 1.45. The van der Waals surface area contributed by atoms with Crippen LogP contribution in [0.15, 0.2) is 11.1 Å². The van der Waals surface area contributed by atoms with Crippen LogP contribution in [0.25, 0.3) is 0 Å². The summed E-state index contributed by atoms with van der Waals surface area (Å²) in [7, 11) is 0. The number of anilines is 1. The highest BCUT2D eigenvalue weighted by atomic mass is 16.6. The van der Waals surface area contributed by atoms with E-state index in [9.17, 15) is 14.9 Å². The predicted molar refractivity (Wildman–Crippen MR) is 66.8 cm³/mol. The lowest BCUT2D eigenvalue weighted by Crippen LogP contribution is -2.40. The van der Waals surface area contributed by atoms with Gasteiger partial charge in [0.2, 0.25) is 5.82 Å². The molecule has 1 unspecified atom stereocenters. The number of nitrogens with zero attached hydrogens (tertiary/aromatic N) is 3. The molecule has 0 amide bonds. The van der Waals surface area contributed by atoms with E-state index >= 15 is 0 Å². The van der Waals surface area contributed by atoms with Gasteiger partial charge in [-0.1, -0.05) is 6.92 Å². The smallest absolute Gasteiger partial charge is 0.348 e. The second kappa shape index (κ2) is 5.16. The van der Waals surface area contributed by atoms with Crippen LogP contribution in [0.3, 0.4) is 0 Å². The van der Waals surface area contributed by atoms with Crippen molar-refractivity contribution in [2.24, 2.45) is 0 Å². The lowest BCUT2D eigenvalue weighted by Gasteiger charge is -2.35. The number of hydrogen-bond donors (Lipinski definition) is 1. The average Bonchev–Trinajstić information content (AvgIpc) is 2.38. The van der Waals surface area contributed by atoms with E-state index in [0.717, 1.165) is 32.2 Å². The van der Waals surface area contributed by atoms with Crippen LogP contribution in [-0.4, -0.2) is 27.5 Å². The van der Waals surface area contributed by atoms with Crippen LogP contribution in [0.5, 0.6) is 0 Å². The van der Waals surface area contributed by atoms with Gasteiger partial charge in [-0.2, -0.15) is 0 Å². The van der Waals surface area contributed by atoms with Crippen molar-refractivity contribution in [3.63, 3.8) is 0 Å². The first-order valence-electron chi connectivity index (χ1n) is 6.13. The molecule has 1 aromatic rings. The molecule has 1 N–H and O–H groups in total. The maximum atomic E-state index is 11.6. The van der Waals surface area contributed by atoms with Crippen molar-refractivity contribution in [3.05, 3.63) is 26.8 Å². The Bertz CT molecular complexity index is 499. The molecular weight excluding hydrogens is 236 g/mol. The van der Waals surface area contributed by atoms with Crippen LogP contribution in [0.4, 0.5) is 11.5 Å². The molecule has 1 saturated heterocycles. The van der Waals surface area contributed by atoms with E-state index in [2.05, 4.69) is 9.97 Å². The van der Waals surface area contributed by atoms with Crippen molar-refractivity contribution >= 4 is 11.5 Å². The molecule has 1 fully saturated rings. The Morgan fingerprint density at radius 3 is 3.06 bits per heavy atom. The molecule has 7 heteroatoms. The molecule has 1 aliphatic rings. The molecule has 0 saturated carbocycles. The lowest BCUT2D eigenvalue weighted by atomic mass is 10.00. The number of hydrogen-bond acceptors (Lipinski definition) is 5. The van der Waals surface area contributed by atoms with Crippen molar-refractivity contribution < 1.29 is 4.92 Å². The summed E-state index contributed by atoms with van der Waals surface area (Å²) in [5.41, 5.74) is -1.14. The fraction of sp³-hybridized carbons (Fsp3) is 0.636. The Kier molecular flexibility index (Phi) is 3.59. The van der Waals surface area contributed by atoms with Crippen LogP contribution in [0, 0.1) is 10.1 Å². The second-order valence-corrected chi connectivity index (χ2v) is 4.41. The van der Waals surface area contributed by atoms with Crippen molar-refractivity contribution in [3.8, 4) is 0 Å². The first kappa shape index (κ1) is 12.5. The Labute approximate surface area is 104 Å². The van der Waals surface area contributed by atoms with Crippen molar-refractivity contribution in [2.45, 2.75) is 38.6 Å². The average molecular weight is 252 g/mol. The number of nitrogens with one attached hydrogen (secondary N) is 1. The van der Waals surface area contributed by atoms with Gasteiger partial charge in [-0.05, 0) is 25.7 Å². The van der Waals surface area contributed by atoms with Gasteiger partial charge >= 0.3 is 11.2 Å². The Morgan fingerprint density at radius 1 is 1.61 bits per heavy atom. The minimum Gasteiger partial charge on any atom is -0.348 e. The summed E-state index contributed by atoms with van der Waals surface area (Å²) < 4.78 is 0. The van der Waals surface area contributed by atoms with E-state index < -0.39 is 16.2 Å². The molecule has 0 radical (unpaired) electrons. The monoisotopic (exact) mass is 252 g/mol. The van der Waals surface area contributed by atoms with Gasteiger partial charge in [0.25, 0.3) is 0 Å². The number of piperidine rings is 1.